The molecule has 2 heteroatoms. The summed E-state index contributed by atoms with van der Waals surface area (Å²) in [6.45, 7) is 6.52. The Hall–Kier alpha value is -0.820. The fraction of sp³-hybridized carbons (Fsp3) is 0.462. The van der Waals surface area contributed by atoms with Gasteiger partial charge in [0.15, 0.2) is 5.78 Å². The lowest BCUT2D eigenvalue weighted by Gasteiger charge is -2.19. The first-order chi connectivity index (χ1) is 6.93. The van der Waals surface area contributed by atoms with Crippen LogP contribution in [0.4, 0.5) is 0 Å². The maximum atomic E-state index is 11.1. The number of ketones is 1. The number of carbonyl (C=O) groups excluding carboxylic acids is 1. The number of halogens is 1. The Kier molecular flexibility index (Phi) is 3.92. The third-order valence-electron chi connectivity index (χ3n) is 2.37. The van der Waals surface area contributed by atoms with Crippen molar-refractivity contribution in [3.63, 3.8) is 0 Å². The van der Waals surface area contributed by atoms with E-state index in [9.17, 15) is 4.79 Å². The van der Waals surface area contributed by atoms with E-state index >= 15 is 0 Å². The van der Waals surface area contributed by atoms with Crippen molar-refractivity contribution in [3.8, 4) is 0 Å². The molecule has 0 aliphatic heterocycles. The quantitative estimate of drug-likeness (QED) is 0.720. The van der Waals surface area contributed by atoms with Crippen LogP contribution >= 0.6 is 11.6 Å². The first-order valence-electron chi connectivity index (χ1n) is 5.10. The third kappa shape index (κ3) is 3.67. The van der Waals surface area contributed by atoms with Gasteiger partial charge >= 0.3 is 0 Å². The summed E-state index contributed by atoms with van der Waals surface area (Å²) in [5.74, 6) is 0.168. The minimum atomic E-state index is 0.0696. The molecule has 15 heavy (non-hydrogen) atoms. The van der Waals surface area contributed by atoms with E-state index < -0.39 is 0 Å². The zero-order chi connectivity index (χ0) is 11.5. The molecule has 0 aliphatic carbocycles. The summed E-state index contributed by atoms with van der Waals surface area (Å²) in [6.07, 6.45) is 0.438. The number of hydrogen-bond acceptors (Lipinski definition) is 1. The highest BCUT2D eigenvalue weighted by atomic mass is 35.5. The fourth-order valence-corrected chi connectivity index (χ4v) is 1.49. The van der Waals surface area contributed by atoms with Crippen molar-refractivity contribution >= 4 is 17.4 Å². The molecule has 0 unspecified atom stereocenters. The molecular formula is C13H17ClO. The van der Waals surface area contributed by atoms with Gasteiger partial charge in [0.05, 0.1) is 5.88 Å². The molecule has 1 rings (SSSR count). The number of carbonyl (C=O) groups is 1. The van der Waals surface area contributed by atoms with E-state index in [1.165, 1.54) is 5.56 Å². The minimum absolute atomic E-state index is 0.0696. The molecule has 0 spiro atoms. The number of alkyl halides is 1. The summed E-state index contributed by atoms with van der Waals surface area (Å²) in [7, 11) is 0. The molecule has 0 bridgehead atoms. The van der Waals surface area contributed by atoms with Crippen LogP contribution in [0, 0.1) is 0 Å². The number of rotatable bonds is 3. The van der Waals surface area contributed by atoms with Crippen molar-refractivity contribution < 1.29 is 4.79 Å². The molecule has 0 atom stereocenters. The topological polar surface area (TPSA) is 17.1 Å². The van der Waals surface area contributed by atoms with Gasteiger partial charge in [-0.25, -0.2) is 0 Å². The third-order valence-corrected chi connectivity index (χ3v) is 2.67. The normalized spacial score (nSPS) is 11.5. The Balaban J connectivity index is 2.77. The van der Waals surface area contributed by atoms with E-state index in [-0.39, 0.29) is 17.1 Å². The lowest BCUT2D eigenvalue weighted by molar-refractivity contribution is -0.116. The Morgan fingerprint density at radius 1 is 1.20 bits per heavy atom. The highest BCUT2D eigenvalue weighted by molar-refractivity contribution is 6.27. The smallest absolute Gasteiger partial charge is 0.151 e. The van der Waals surface area contributed by atoms with Gasteiger partial charge in [0.25, 0.3) is 0 Å². The van der Waals surface area contributed by atoms with Gasteiger partial charge in [-0.2, -0.15) is 0 Å². The highest BCUT2D eigenvalue weighted by Crippen LogP contribution is 2.22. The average molecular weight is 225 g/mol. The second kappa shape index (κ2) is 4.80. The van der Waals surface area contributed by atoms with E-state index in [0.29, 0.717) is 6.42 Å². The molecule has 0 heterocycles. The van der Waals surface area contributed by atoms with Crippen LogP contribution in [0.5, 0.6) is 0 Å². The largest absolute Gasteiger partial charge is 0.298 e. The lowest BCUT2D eigenvalue weighted by atomic mass is 9.86. The molecule has 1 aromatic carbocycles. The summed E-state index contributed by atoms with van der Waals surface area (Å²) < 4.78 is 0. The van der Waals surface area contributed by atoms with Gasteiger partial charge in [0.1, 0.15) is 0 Å². The molecule has 0 saturated heterocycles. The van der Waals surface area contributed by atoms with Gasteiger partial charge in [-0.1, -0.05) is 45.0 Å². The number of hydrogen-bond donors (Lipinski definition) is 0. The summed E-state index contributed by atoms with van der Waals surface area (Å²) in [5, 5.41) is 0. The summed E-state index contributed by atoms with van der Waals surface area (Å²) in [6, 6.07) is 8.17. The van der Waals surface area contributed by atoms with Gasteiger partial charge < -0.3 is 0 Å². The van der Waals surface area contributed by atoms with Crippen molar-refractivity contribution in [2.24, 2.45) is 0 Å². The van der Waals surface area contributed by atoms with Crippen LogP contribution < -0.4 is 0 Å². The molecular weight excluding hydrogens is 208 g/mol. The standard InChI is InChI=1S/C13H17ClO/c1-13(2,3)11-6-4-10(5-7-11)8-12(15)9-14/h4-7H,8-9H2,1-3H3. The molecule has 0 aromatic heterocycles. The van der Waals surface area contributed by atoms with Crippen LogP contribution in [0.15, 0.2) is 24.3 Å². The van der Waals surface area contributed by atoms with E-state index in [1.54, 1.807) is 0 Å². The maximum absolute atomic E-state index is 11.1. The zero-order valence-corrected chi connectivity index (χ0v) is 10.3. The first kappa shape index (κ1) is 12.3. The monoisotopic (exact) mass is 224 g/mol. The maximum Gasteiger partial charge on any atom is 0.151 e. The lowest BCUT2D eigenvalue weighted by Crippen LogP contribution is -2.11. The molecule has 0 amide bonds. The minimum Gasteiger partial charge on any atom is -0.298 e. The summed E-state index contributed by atoms with van der Waals surface area (Å²) in [4.78, 5) is 11.1. The molecule has 0 aliphatic rings. The van der Waals surface area contributed by atoms with E-state index in [0.717, 1.165) is 5.56 Å². The van der Waals surface area contributed by atoms with Gasteiger partial charge in [-0.05, 0) is 16.5 Å². The van der Waals surface area contributed by atoms with Crippen molar-refractivity contribution in [2.75, 3.05) is 5.88 Å². The van der Waals surface area contributed by atoms with Gasteiger partial charge in [-0.3, -0.25) is 4.79 Å². The number of Topliss-reactive ketones (excluding diaryl/α,β-unsaturated/α-hetero) is 1. The van der Waals surface area contributed by atoms with Gasteiger partial charge in [0.2, 0.25) is 0 Å². The molecule has 0 N–H and O–H groups in total. The van der Waals surface area contributed by atoms with Crippen molar-refractivity contribution in [3.05, 3.63) is 35.4 Å². The van der Waals surface area contributed by atoms with E-state index in [4.69, 9.17) is 11.6 Å². The molecule has 82 valence electrons. The molecule has 1 nitrogen and oxygen atoms in total. The number of benzene rings is 1. The van der Waals surface area contributed by atoms with Crippen molar-refractivity contribution in [1.29, 1.82) is 0 Å². The Labute approximate surface area is 96.5 Å². The van der Waals surface area contributed by atoms with Crippen LogP contribution in [-0.4, -0.2) is 11.7 Å². The van der Waals surface area contributed by atoms with Gasteiger partial charge in [-0.15, -0.1) is 11.6 Å². The Morgan fingerprint density at radius 2 is 1.73 bits per heavy atom. The van der Waals surface area contributed by atoms with Gasteiger partial charge in [0, 0.05) is 6.42 Å². The molecule has 1 aromatic rings. The predicted octanol–water partition coefficient (Wildman–Crippen LogP) is 3.33. The SMILES string of the molecule is CC(C)(C)c1ccc(CC(=O)CCl)cc1. The Bertz CT molecular complexity index is 333. The average Bonchev–Trinajstić information content (AvgIpc) is 2.17. The van der Waals surface area contributed by atoms with Crippen LogP contribution in [0.1, 0.15) is 31.9 Å². The van der Waals surface area contributed by atoms with Crippen LogP contribution in [0.2, 0.25) is 0 Å². The van der Waals surface area contributed by atoms with Crippen LogP contribution in [-0.2, 0) is 16.6 Å². The first-order valence-corrected chi connectivity index (χ1v) is 5.64. The highest BCUT2D eigenvalue weighted by Gasteiger charge is 2.13. The second-order valence-electron chi connectivity index (χ2n) is 4.80. The molecule has 0 fully saturated rings. The predicted molar refractivity (Wildman–Crippen MR) is 64.6 cm³/mol. The van der Waals surface area contributed by atoms with Crippen LogP contribution in [0.25, 0.3) is 0 Å². The van der Waals surface area contributed by atoms with Crippen molar-refractivity contribution in [2.45, 2.75) is 32.6 Å². The molecule has 0 saturated carbocycles. The summed E-state index contributed by atoms with van der Waals surface area (Å²) >= 11 is 5.46. The van der Waals surface area contributed by atoms with Crippen molar-refractivity contribution in [1.82, 2.24) is 0 Å². The molecule has 0 radical (unpaired) electrons. The Morgan fingerprint density at radius 3 is 2.13 bits per heavy atom. The zero-order valence-electron chi connectivity index (χ0n) is 9.51. The fourth-order valence-electron chi connectivity index (χ4n) is 1.40. The second-order valence-corrected chi connectivity index (χ2v) is 5.06. The van der Waals surface area contributed by atoms with E-state index in [2.05, 4.69) is 32.9 Å². The summed E-state index contributed by atoms with van der Waals surface area (Å²) in [5.41, 5.74) is 2.48. The van der Waals surface area contributed by atoms with Crippen LogP contribution in [0.3, 0.4) is 0 Å². The van der Waals surface area contributed by atoms with E-state index in [1.807, 2.05) is 12.1 Å².